The number of rotatable bonds is 5. The molecule has 3 amide bonds. The minimum absolute atomic E-state index is 0.130. The van der Waals surface area contributed by atoms with Crippen molar-refractivity contribution in [1.82, 2.24) is 9.88 Å². The van der Waals surface area contributed by atoms with E-state index in [-0.39, 0.29) is 6.42 Å². The van der Waals surface area contributed by atoms with Crippen LogP contribution < -0.4 is 5.32 Å². The minimum atomic E-state index is -1.05. The number of carbonyl (C=O) groups excluding carboxylic acids is 3. The van der Waals surface area contributed by atoms with Crippen molar-refractivity contribution in [3.05, 3.63) is 94.6 Å². The summed E-state index contributed by atoms with van der Waals surface area (Å²) in [4.78, 5) is 44.1. The summed E-state index contributed by atoms with van der Waals surface area (Å²) in [6, 6.07) is 17.6. The molecule has 2 aromatic carbocycles. The molecule has 0 fully saturated rings. The van der Waals surface area contributed by atoms with Gasteiger partial charge in [-0.2, -0.15) is 0 Å². The highest BCUT2D eigenvalue weighted by Crippen LogP contribution is 2.27. The van der Waals surface area contributed by atoms with Crippen LogP contribution in [0.1, 0.15) is 26.3 Å². The lowest BCUT2D eigenvalue weighted by atomic mass is 10.0. The predicted molar refractivity (Wildman–Crippen MR) is 109 cm³/mol. The third kappa shape index (κ3) is 3.75. The number of hydrogen-bond acceptors (Lipinski definition) is 4. The van der Waals surface area contributed by atoms with E-state index in [4.69, 9.17) is 11.6 Å². The Labute approximate surface area is 172 Å². The molecule has 1 aliphatic heterocycles. The number of amides is 3. The van der Waals surface area contributed by atoms with Gasteiger partial charge in [-0.05, 0) is 42.0 Å². The Morgan fingerprint density at radius 3 is 2.28 bits per heavy atom. The molecule has 0 saturated heterocycles. The van der Waals surface area contributed by atoms with Crippen LogP contribution in [-0.2, 0) is 11.2 Å². The molecule has 1 unspecified atom stereocenters. The lowest BCUT2D eigenvalue weighted by Crippen LogP contribution is -2.48. The molecule has 144 valence electrons. The predicted octanol–water partition coefficient (Wildman–Crippen LogP) is 3.58. The van der Waals surface area contributed by atoms with E-state index in [1.807, 2.05) is 0 Å². The van der Waals surface area contributed by atoms with Crippen molar-refractivity contribution in [2.75, 3.05) is 5.32 Å². The molecule has 4 rings (SSSR count). The van der Waals surface area contributed by atoms with Crippen LogP contribution in [0.2, 0.25) is 5.02 Å². The average Bonchev–Trinajstić information content (AvgIpc) is 2.98. The Balaban J connectivity index is 1.69. The number of anilines is 1. The first-order chi connectivity index (χ1) is 14.0. The Bertz CT molecular complexity index is 1070. The number of hydrogen-bond donors (Lipinski definition) is 1. The summed E-state index contributed by atoms with van der Waals surface area (Å²) in [6.07, 6.45) is 1.67. The second kappa shape index (κ2) is 7.85. The minimum Gasteiger partial charge on any atom is -0.309 e. The van der Waals surface area contributed by atoms with Crippen LogP contribution in [0.4, 0.5) is 5.82 Å². The van der Waals surface area contributed by atoms with Gasteiger partial charge in [0.2, 0.25) is 5.91 Å². The van der Waals surface area contributed by atoms with Gasteiger partial charge in [0.1, 0.15) is 11.9 Å². The number of halogens is 1. The van der Waals surface area contributed by atoms with E-state index >= 15 is 0 Å². The zero-order chi connectivity index (χ0) is 20.4. The molecule has 0 aliphatic carbocycles. The first-order valence-corrected chi connectivity index (χ1v) is 9.35. The number of imide groups is 1. The molecule has 1 aromatic heterocycles. The SMILES string of the molecule is O=C(Nc1ccccn1)C(Cc1cccc(Cl)c1)N1C(=O)c2ccccc2C1=O. The van der Waals surface area contributed by atoms with Crippen LogP contribution in [0.3, 0.4) is 0 Å². The summed E-state index contributed by atoms with van der Waals surface area (Å²) < 4.78 is 0. The smallest absolute Gasteiger partial charge is 0.262 e. The summed E-state index contributed by atoms with van der Waals surface area (Å²) in [5, 5.41) is 3.20. The Kier molecular flexibility index (Phi) is 5.10. The highest BCUT2D eigenvalue weighted by Gasteiger charge is 2.42. The van der Waals surface area contributed by atoms with Crippen molar-refractivity contribution in [2.45, 2.75) is 12.5 Å². The zero-order valence-electron chi connectivity index (χ0n) is 15.2. The van der Waals surface area contributed by atoms with E-state index in [1.54, 1.807) is 72.9 Å². The number of nitrogens with zero attached hydrogens (tertiary/aromatic N) is 2. The van der Waals surface area contributed by atoms with Crippen LogP contribution in [-0.4, -0.2) is 33.6 Å². The lowest BCUT2D eigenvalue weighted by molar-refractivity contribution is -0.120. The van der Waals surface area contributed by atoms with Crippen LogP contribution >= 0.6 is 11.6 Å². The van der Waals surface area contributed by atoms with Gasteiger partial charge < -0.3 is 5.32 Å². The fraction of sp³-hybridized carbons (Fsp3) is 0.0909. The van der Waals surface area contributed by atoms with Gasteiger partial charge in [0.15, 0.2) is 0 Å². The first-order valence-electron chi connectivity index (χ1n) is 8.98. The van der Waals surface area contributed by atoms with Crippen molar-refractivity contribution in [3.8, 4) is 0 Å². The Morgan fingerprint density at radius 2 is 1.66 bits per heavy atom. The molecule has 2 heterocycles. The highest BCUT2D eigenvalue weighted by molar-refractivity contribution is 6.30. The van der Waals surface area contributed by atoms with Gasteiger partial charge in [0, 0.05) is 17.6 Å². The molecule has 6 nitrogen and oxygen atoms in total. The van der Waals surface area contributed by atoms with Crippen molar-refractivity contribution >= 4 is 35.1 Å². The van der Waals surface area contributed by atoms with E-state index in [0.717, 1.165) is 10.5 Å². The second-order valence-electron chi connectivity index (χ2n) is 6.58. The molecule has 1 atom stereocenters. The maximum Gasteiger partial charge on any atom is 0.262 e. The van der Waals surface area contributed by atoms with E-state index in [9.17, 15) is 14.4 Å². The molecule has 1 N–H and O–H groups in total. The van der Waals surface area contributed by atoms with E-state index in [1.165, 1.54) is 0 Å². The third-order valence-corrected chi connectivity index (χ3v) is 4.91. The molecule has 3 aromatic rings. The summed E-state index contributed by atoms with van der Waals surface area (Å²) >= 11 is 6.07. The van der Waals surface area contributed by atoms with Crippen molar-refractivity contribution < 1.29 is 14.4 Å². The number of pyridine rings is 1. The fourth-order valence-corrected chi connectivity index (χ4v) is 3.54. The molecular weight excluding hydrogens is 390 g/mol. The maximum absolute atomic E-state index is 13.1. The quantitative estimate of drug-likeness (QED) is 0.658. The molecular formula is C22H16ClN3O3. The topological polar surface area (TPSA) is 79.4 Å². The zero-order valence-corrected chi connectivity index (χ0v) is 16.0. The van der Waals surface area contributed by atoms with Gasteiger partial charge >= 0.3 is 0 Å². The van der Waals surface area contributed by atoms with E-state index in [2.05, 4.69) is 10.3 Å². The van der Waals surface area contributed by atoms with Gasteiger partial charge in [-0.15, -0.1) is 0 Å². The average molecular weight is 406 g/mol. The van der Waals surface area contributed by atoms with Crippen molar-refractivity contribution in [3.63, 3.8) is 0 Å². The first kappa shape index (κ1) is 18.8. The summed E-state index contributed by atoms with van der Waals surface area (Å²) in [5.41, 5.74) is 1.31. The van der Waals surface area contributed by atoms with Crippen LogP contribution in [0.5, 0.6) is 0 Å². The molecule has 0 spiro atoms. The van der Waals surface area contributed by atoms with Gasteiger partial charge in [-0.25, -0.2) is 4.98 Å². The highest BCUT2D eigenvalue weighted by atomic mass is 35.5. The summed E-state index contributed by atoms with van der Waals surface area (Å²) in [7, 11) is 0. The second-order valence-corrected chi connectivity index (χ2v) is 7.02. The molecule has 0 saturated carbocycles. The Morgan fingerprint density at radius 1 is 0.966 bits per heavy atom. The number of nitrogens with one attached hydrogen (secondary N) is 1. The molecule has 0 bridgehead atoms. The molecule has 0 radical (unpaired) electrons. The van der Waals surface area contributed by atoms with Gasteiger partial charge in [0.25, 0.3) is 11.8 Å². The lowest BCUT2D eigenvalue weighted by Gasteiger charge is -2.25. The van der Waals surface area contributed by atoms with Crippen LogP contribution in [0, 0.1) is 0 Å². The van der Waals surface area contributed by atoms with Crippen LogP contribution in [0.15, 0.2) is 72.9 Å². The standard InChI is InChI=1S/C22H16ClN3O3/c23-15-7-5-6-14(12-15)13-18(20(27)25-19-10-3-4-11-24-19)26-21(28)16-8-1-2-9-17(16)22(26)29/h1-12,18H,13H2,(H,24,25,27). The molecule has 29 heavy (non-hydrogen) atoms. The van der Waals surface area contributed by atoms with Gasteiger partial charge in [-0.1, -0.05) is 41.9 Å². The van der Waals surface area contributed by atoms with Crippen LogP contribution in [0.25, 0.3) is 0 Å². The van der Waals surface area contributed by atoms with Gasteiger partial charge in [-0.3, -0.25) is 19.3 Å². The number of benzene rings is 2. The normalized spacial score (nSPS) is 13.9. The van der Waals surface area contributed by atoms with E-state index < -0.39 is 23.8 Å². The number of fused-ring (bicyclic) bond motifs is 1. The monoisotopic (exact) mass is 405 g/mol. The van der Waals surface area contributed by atoms with E-state index in [0.29, 0.717) is 22.0 Å². The molecule has 1 aliphatic rings. The summed E-state index contributed by atoms with van der Waals surface area (Å²) in [5.74, 6) is -1.15. The summed E-state index contributed by atoms with van der Waals surface area (Å²) in [6.45, 7) is 0. The number of carbonyl (C=O) groups is 3. The van der Waals surface area contributed by atoms with Crippen molar-refractivity contribution in [2.24, 2.45) is 0 Å². The fourth-order valence-electron chi connectivity index (χ4n) is 3.33. The third-order valence-electron chi connectivity index (χ3n) is 4.67. The Hall–Kier alpha value is -3.51. The molecule has 7 heteroatoms. The van der Waals surface area contributed by atoms with Gasteiger partial charge in [0.05, 0.1) is 11.1 Å². The largest absolute Gasteiger partial charge is 0.309 e. The number of aromatic nitrogens is 1. The van der Waals surface area contributed by atoms with Crippen molar-refractivity contribution in [1.29, 1.82) is 0 Å². The maximum atomic E-state index is 13.1.